The molecule has 1 aliphatic carbocycles. The van der Waals surface area contributed by atoms with Crippen LogP contribution in [0, 0.1) is 5.82 Å². The summed E-state index contributed by atoms with van der Waals surface area (Å²) in [6.07, 6.45) is 4.25. The van der Waals surface area contributed by atoms with E-state index in [-0.39, 0.29) is 17.8 Å². The van der Waals surface area contributed by atoms with E-state index in [4.69, 9.17) is 0 Å². The van der Waals surface area contributed by atoms with E-state index in [1.807, 2.05) is 18.2 Å². The van der Waals surface area contributed by atoms with Gasteiger partial charge in [-0.15, -0.1) is 0 Å². The topological polar surface area (TPSA) is 37.3 Å². The van der Waals surface area contributed by atoms with E-state index in [2.05, 4.69) is 27.0 Å². The molecule has 1 atom stereocenters. The highest BCUT2D eigenvalue weighted by atomic mass is 19.1. The molecule has 4 nitrogen and oxygen atoms in total. The number of carbonyl (C=O) groups excluding carboxylic acids is 1. The second-order valence-electron chi connectivity index (χ2n) is 6.39. The fourth-order valence-electron chi connectivity index (χ4n) is 3.31. The standard InChI is InChI=1S/C18H20FN3O/c19-14-5-3-13(4-6-14)18-16-2-1-9-21(16)10-11-22(18)12-17(23)20-15-7-8-15/h1-6,9,15,18H,7-8,10-12H2,(H,20,23). The second kappa shape index (κ2) is 5.81. The predicted molar refractivity (Wildman–Crippen MR) is 85.4 cm³/mol. The van der Waals surface area contributed by atoms with Gasteiger partial charge in [0.25, 0.3) is 0 Å². The van der Waals surface area contributed by atoms with Gasteiger partial charge in [-0.25, -0.2) is 4.39 Å². The molecule has 1 N–H and O–H groups in total. The van der Waals surface area contributed by atoms with Crippen molar-refractivity contribution in [2.45, 2.75) is 31.5 Å². The summed E-state index contributed by atoms with van der Waals surface area (Å²) in [4.78, 5) is 14.4. The van der Waals surface area contributed by atoms with Gasteiger partial charge in [-0.3, -0.25) is 9.69 Å². The number of rotatable bonds is 4. The van der Waals surface area contributed by atoms with Crippen LogP contribution in [0.25, 0.3) is 0 Å². The van der Waals surface area contributed by atoms with Crippen LogP contribution in [-0.2, 0) is 11.3 Å². The molecular weight excluding hydrogens is 293 g/mol. The number of benzene rings is 1. The average molecular weight is 313 g/mol. The smallest absolute Gasteiger partial charge is 0.234 e. The highest BCUT2D eigenvalue weighted by Crippen LogP contribution is 2.32. The van der Waals surface area contributed by atoms with Crippen molar-refractivity contribution < 1.29 is 9.18 Å². The first-order valence-electron chi connectivity index (χ1n) is 8.14. The number of amides is 1. The van der Waals surface area contributed by atoms with Crippen molar-refractivity contribution in [3.05, 3.63) is 59.7 Å². The zero-order chi connectivity index (χ0) is 15.8. The van der Waals surface area contributed by atoms with Gasteiger partial charge in [0.1, 0.15) is 5.82 Å². The van der Waals surface area contributed by atoms with Crippen LogP contribution in [0.5, 0.6) is 0 Å². The van der Waals surface area contributed by atoms with E-state index in [0.29, 0.717) is 12.6 Å². The minimum atomic E-state index is -0.238. The highest BCUT2D eigenvalue weighted by molar-refractivity contribution is 5.78. The maximum Gasteiger partial charge on any atom is 0.234 e. The first kappa shape index (κ1) is 14.5. The number of aromatic nitrogens is 1. The molecule has 1 unspecified atom stereocenters. The van der Waals surface area contributed by atoms with Crippen LogP contribution in [-0.4, -0.2) is 34.5 Å². The number of fused-ring (bicyclic) bond motifs is 1. The second-order valence-corrected chi connectivity index (χ2v) is 6.39. The van der Waals surface area contributed by atoms with E-state index >= 15 is 0 Å². The van der Waals surface area contributed by atoms with Gasteiger partial charge in [0.05, 0.1) is 12.6 Å². The molecule has 2 aliphatic rings. The molecule has 1 aliphatic heterocycles. The van der Waals surface area contributed by atoms with Crippen molar-refractivity contribution >= 4 is 5.91 Å². The summed E-state index contributed by atoms with van der Waals surface area (Å²) >= 11 is 0. The molecular formula is C18H20FN3O. The molecule has 1 aromatic heterocycles. The third kappa shape index (κ3) is 3.01. The lowest BCUT2D eigenvalue weighted by atomic mass is 10.00. The third-order valence-electron chi connectivity index (χ3n) is 4.61. The van der Waals surface area contributed by atoms with Crippen molar-refractivity contribution in [3.8, 4) is 0 Å². The molecule has 23 heavy (non-hydrogen) atoms. The molecule has 2 heterocycles. The van der Waals surface area contributed by atoms with Gasteiger partial charge < -0.3 is 9.88 Å². The van der Waals surface area contributed by atoms with Crippen molar-refractivity contribution in [1.29, 1.82) is 0 Å². The molecule has 0 radical (unpaired) electrons. The quantitative estimate of drug-likeness (QED) is 0.940. The highest BCUT2D eigenvalue weighted by Gasteiger charge is 2.31. The van der Waals surface area contributed by atoms with Crippen LogP contribution in [0.15, 0.2) is 42.6 Å². The first-order chi connectivity index (χ1) is 11.2. The number of carbonyl (C=O) groups is 1. The number of nitrogens with one attached hydrogen (secondary N) is 1. The normalized spacial score (nSPS) is 21.0. The van der Waals surface area contributed by atoms with E-state index in [0.717, 1.165) is 37.2 Å². The number of hydrogen-bond donors (Lipinski definition) is 1. The molecule has 4 rings (SSSR count). The summed E-state index contributed by atoms with van der Waals surface area (Å²) < 4.78 is 15.5. The fourth-order valence-corrected chi connectivity index (χ4v) is 3.31. The Kier molecular flexibility index (Phi) is 3.65. The lowest BCUT2D eigenvalue weighted by Gasteiger charge is -2.36. The Morgan fingerprint density at radius 3 is 2.70 bits per heavy atom. The summed E-state index contributed by atoms with van der Waals surface area (Å²) in [5, 5.41) is 3.05. The minimum absolute atomic E-state index is 0.00990. The monoisotopic (exact) mass is 313 g/mol. The SMILES string of the molecule is O=C(CN1CCn2cccc2C1c1ccc(F)cc1)NC1CC1. The average Bonchev–Trinajstić information content (AvgIpc) is 3.22. The first-order valence-corrected chi connectivity index (χ1v) is 8.14. The number of hydrogen-bond acceptors (Lipinski definition) is 2. The Morgan fingerprint density at radius 2 is 1.96 bits per heavy atom. The Balaban J connectivity index is 1.61. The predicted octanol–water partition coefficient (Wildman–Crippen LogP) is 2.31. The van der Waals surface area contributed by atoms with Gasteiger partial charge >= 0.3 is 0 Å². The van der Waals surface area contributed by atoms with Crippen LogP contribution >= 0.6 is 0 Å². The molecule has 1 amide bonds. The van der Waals surface area contributed by atoms with Crippen LogP contribution < -0.4 is 5.32 Å². The molecule has 5 heteroatoms. The van der Waals surface area contributed by atoms with Crippen LogP contribution in [0.1, 0.15) is 30.1 Å². The minimum Gasteiger partial charge on any atom is -0.352 e. The summed E-state index contributed by atoms with van der Waals surface area (Å²) in [6.45, 7) is 2.06. The van der Waals surface area contributed by atoms with Crippen LogP contribution in [0.4, 0.5) is 4.39 Å². The summed E-state index contributed by atoms with van der Waals surface area (Å²) in [7, 11) is 0. The molecule has 0 saturated heterocycles. The van der Waals surface area contributed by atoms with Gasteiger partial charge in [-0.1, -0.05) is 12.1 Å². The van der Waals surface area contributed by atoms with Gasteiger partial charge in [0.15, 0.2) is 0 Å². The van der Waals surface area contributed by atoms with E-state index in [9.17, 15) is 9.18 Å². The summed E-state index contributed by atoms with van der Waals surface area (Å²) in [6, 6.07) is 11.1. The van der Waals surface area contributed by atoms with Gasteiger partial charge in [-0.05, 0) is 42.7 Å². The Morgan fingerprint density at radius 1 is 1.17 bits per heavy atom. The van der Waals surface area contributed by atoms with E-state index < -0.39 is 0 Å². The molecule has 1 saturated carbocycles. The van der Waals surface area contributed by atoms with Crippen molar-refractivity contribution in [1.82, 2.24) is 14.8 Å². The van der Waals surface area contributed by atoms with Crippen molar-refractivity contribution in [2.75, 3.05) is 13.1 Å². The Bertz CT molecular complexity index is 705. The zero-order valence-corrected chi connectivity index (χ0v) is 12.9. The number of halogens is 1. The van der Waals surface area contributed by atoms with Crippen LogP contribution in [0.3, 0.4) is 0 Å². The fraction of sp³-hybridized carbons (Fsp3) is 0.389. The van der Waals surface area contributed by atoms with Gasteiger partial charge in [0, 0.05) is 31.0 Å². The van der Waals surface area contributed by atoms with Crippen molar-refractivity contribution in [3.63, 3.8) is 0 Å². The maximum absolute atomic E-state index is 13.3. The summed E-state index contributed by atoms with van der Waals surface area (Å²) in [5.74, 6) is -0.155. The largest absolute Gasteiger partial charge is 0.352 e. The maximum atomic E-state index is 13.3. The lowest BCUT2D eigenvalue weighted by Crippen LogP contribution is -2.44. The molecule has 0 spiro atoms. The lowest BCUT2D eigenvalue weighted by molar-refractivity contribution is -0.123. The van der Waals surface area contributed by atoms with Crippen molar-refractivity contribution in [2.24, 2.45) is 0 Å². The van der Waals surface area contributed by atoms with E-state index in [1.54, 1.807) is 0 Å². The Labute approximate surface area is 134 Å². The van der Waals surface area contributed by atoms with Gasteiger partial charge in [0.2, 0.25) is 5.91 Å². The van der Waals surface area contributed by atoms with Gasteiger partial charge in [-0.2, -0.15) is 0 Å². The zero-order valence-electron chi connectivity index (χ0n) is 12.9. The molecule has 120 valence electrons. The number of nitrogens with zero attached hydrogens (tertiary/aromatic N) is 2. The Hall–Kier alpha value is -2.14. The summed E-state index contributed by atoms with van der Waals surface area (Å²) in [5.41, 5.74) is 2.17. The third-order valence-corrected chi connectivity index (χ3v) is 4.61. The molecule has 1 aromatic carbocycles. The van der Waals surface area contributed by atoms with Crippen LogP contribution in [0.2, 0.25) is 0 Å². The molecule has 1 fully saturated rings. The molecule has 2 aromatic rings. The van der Waals surface area contributed by atoms with E-state index in [1.165, 1.54) is 12.1 Å². The molecule has 0 bridgehead atoms.